The van der Waals surface area contributed by atoms with Crippen molar-refractivity contribution >= 4 is 0 Å². The summed E-state index contributed by atoms with van der Waals surface area (Å²) >= 11 is 0. The van der Waals surface area contributed by atoms with E-state index in [-0.39, 0.29) is 0 Å². The summed E-state index contributed by atoms with van der Waals surface area (Å²) in [5.74, 6) is 1.84. The highest BCUT2D eigenvalue weighted by molar-refractivity contribution is 4.84. The number of likely N-dealkylation sites (tertiary alicyclic amines) is 1. The molecule has 2 nitrogen and oxygen atoms in total. The number of piperidine rings is 1. The third kappa shape index (κ3) is 2.94. The van der Waals surface area contributed by atoms with Gasteiger partial charge in [-0.15, -0.1) is 0 Å². The maximum Gasteiger partial charge on any atom is 0.00958 e. The minimum absolute atomic E-state index is 0.877. The molecule has 0 saturated carbocycles. The van der Waals surface area contributed by atoms with Crippen LogP contribution < -0.4 is 5.32 Å². The molecule has 2 rings (SSSR count). The predicted octanol–water partition coefficient (Wildman–Crippen LogP) is 2.11. The molecule has 2 fully saturated rings. The van der Waals surface area contributed by atoms with Gasteiger partial charge >= 0.3 is 0 Å². The van der Waals surface area contributed by atoms with Crippen molar-refractivity contribution in [3.8, 4) is 0 Å². The number of hydrogen-bond donors (Lipinski definition) is 1. The molecule has 0 aliphatic carbocycles. The molecule has 0 aromatic carbocycles. The van der Waals surface area contributed by atoms with E-state index in [4.69, 9.17) is 0 Å². The second-order valence-electron chi connectivity index (χ2n) is 5.57. The summed E-state index contributed by atoms with van der Waals surface area (Å²) in [7, 11) is 0. The predicted molar refractivity (Wildman–Crippen MR) is 65.0 cm³/mol. The average molecular weight is 210 g/mol. The summed E-state index contributed by atoms with van der Waals surface area (Å²) in [6.45, 7) is 9.92. The van der Waals surface area contributed by atoms with Gasteiger partial charge in [-0.25, -0.2) is 0 Å². The van der Waals surface area contributed by atoms with E-state index in [0.29, 0.717) is 0 Å². The molecular weight excluding hydrogens is 184 g/mol. The van der Waals surface area contributed by atoms with Crippen molar-refractivity contribution < 1.29 is 0 Å². The summed E-state index contributed by atoms with van der Waals surface area (Å²) in [6.07, 6.45) is 5.58. The van der Waals surface area contributed by atoms with E-state index >= 15 is 0 Å². The molecule has 2 heterocycles. The van der Waals surface area contributed by atoms with E-state index in [2.05, 4.69) is 24.1 Å². The van der Waals surface area contributed by atoms with Gasteiger partial charge < -0.3 is 5.32 Å². The second kappa shape index (κ2) is 5.31. The van der Waals surface area contributed by atoms with Crippen LogP contribution in [0.15, 0.2) is 0 Å². The van der Waals surface area contributed by atoms with Gasteiger partial charge in [-0.05, 0) is 50.6 Å². The van der Waals surface area contributed by atoms with E-state index in [1.54, 1.807) is 0 Å². The lowest BCUT2D eigenvalue weighted by Crippen LogP contribution is -2.40. The molecule has 15 heavy (non-hydrogen) atoms. The van der Waals surface area contributed by atoms with E-state index in [1.165, 1.54) is 51.9 Å². The zero-order valence-corrected chi connectivity index (χ0v) is 10.3. The van der Waals surface area contributed by atoms with Gasteiger partial charge in [0.05, 0.1) is 0 Å². The Kier molecular flexibility index (Phi) is 4.04. The molecule has 0 spiro atoms. The topological polar surface area (TPSA) is 15.3 Å². The van der Waals surface area contributed by atoms with E-state index in [1.807, 2.05) is 0 Å². The van der Waals surface area contributed by atoms with E-state index in [0.717, 1.165) is 17.9 Å². The van der Waals surface area contributed by atoms with Crippen molar-refractivity contribution in [2.24, 2.45) is 11.8 Å². The zero-order chi connectivity index (χ0) is 10.7. The van der Waals surface area contributed by atoms with Crippen LogP contribution in [0.3, 0.4) is 0 Å². The summed E-state index contributed by atoms with van der Waals surface area (Å²) < 4.78 is 0. The number of rotatable bonds is 3. The first-order valence-corrected chi connectivity index (χ1v) is 6.74. The van der Waals surface area contributed by atoms with Gasteiger partial charge in [0, 0.05) is 19.1 Å². The van der Waals surface area contributed by atoms with Crippen LogP contribution in [-0.2, 0) is 0 Å². The van der Waals surface area contributed by atoms with Gasteiger partial charge in [-0.3, -0.25) is 4.90 Å². The Hall–Kier alpha value is -0.0800. The van der Waals surface area contributed by atoms with Gasteiger partial charge in [0.1, 0.15) is 0 Å². The number of nitrogens with one attached hydrogen (secondary N) is 1. The van der Waals surface area contributed by atoms with Crippen LogP contribution >= 0.6 is 0 Å². The molecule has 3 unspecified atom stereocenters. The molecule has 0 aromatic rings. The molecule has 2 saturated heterocycles. The van der Waals surface area contributed by atoms with Crippen molar-refractivity contribution in [2.75, 3.05) is 26.2 Å². The van der Waals surface area contributed by atoms with Crippen LogP contribution in [0.4, 0.5) is 0 Å². The van der Waals surface area contributed by atoms with Gasteiger partial charge in [0.2, 0.25) is 0 Å². The smallest absolute Gasteiger partial charge is 0.00958 e. The van der Waals surface area contributed by atoms with Crippen LogP contribution in [0.1, 0.15) is 39.5 Å². The Morgan fingerprint density at radius 1 is 1.40 bits per heavy atom. The molecule has 2 heteroatoms. The lowest BCUT2D eigenvalue weighted by atomic mass is 9.98. The van der Waals surface area contributed by atoms with Crippen LogP contribution in [0, 0.1) is 11.8 Å². The first kappa shape index (κ1) is 11.4. The molecule has 1 N–H and O–H groups in total. The third-order valence-corrected chi connectivity index (χ3v) is 4.10. The van der Waals surface area contributed by atoms with Crippen molar-refractivity contribution in [2.45, 2.75) is 45.6 Å². The first-order valence-electron chi connectivity index (χ1n) is 6.74. The summed E-state index contributed by atoms with van der Waals surface area (Å²) in [4.78, 5) is 2.75. The molecule has 0 radical (unpaired) electrons. The maximum atomic E-state index is 3.53. The minimum atomic E-state index is 0.877. The monoisotopic (exact) mass is 210 g/mol. The summed E-state index contributed by atoms with van der Waals surface area (Å²) in [6, 6.07) is 0.877. The Morgan fingerprint density at radius 3 is 2.93 bits per heavy atom. The van der Waals surface area contributed by atoms with Crippen LogP contribution in [0.2, 0.25) is 0 Å². The zero-order valence-electron chi connectivity index (χ0n) is 10.3. The van der Waals surface area contributed by atoms with Crippen molar-refractivity contribution in [1.82, 2.24) is 10.2 Å². The molecule has 0 amide bonds. The third-order valence-electron chi connectivity index (χ3n) is 4.10. The summed E-state index contributed by atoms with van der Waals surface area (Å²) in [5.41, 5.74) is 0. The normalized spacial score (nSPS) is 38.4. The highest BCUT2D eigenvalue weighted by Crippen LogP contribution is 2.26. The second-order valence-corrected chi connectivity index (χ2v) is 5.57. The van der Waals surface area contributed by atoms with Crippen molar-refractivity contribution in [1.29, 1.82) is 0 Å². The lowest BCUT2D eigenvalue weighted by molar-refractivity contribution is 0.189. The quantitative estimate of drug-likeness (QED) is 0.767. The highest BCUT2D eigenvalue weighted by atomic mass is 15.2. The molecule has 3 atom stereocenters. The van der Waals surface area contributed by atoms with Crippen molar-refractivity contribution in [3.63, 3.8) is 0 Å². The average Bonchev–Trinajstić information content (AvgIpc) is 2.60. The fourth-order valence-corrected chi connectivity index (χ4v) is 3.30. The number of hydrogen-bond acceptors (Lipinski definition) is 2. The van der Waals surface area contributed by atoms with E-state index < -0.39 is 0 Å². The molecule has 2 aliphatic rings. The fourth-order valence-electron chi connectivity index (χ4n) is 3.30. The Morgan fingerprint density at radius 2 is 2.27 bits per heavy atom. The highest BCUT2D eigenvalue weighted by Gasteiger charge is 2.29. The van der Waals surface area contributed by atoms with Gasteiger partial charge in [-0.1, -0.05) is 13.8 Å². The van der Waals surface area contributed by atoms with Crippen molar-refractivity contribution in [3.05, 3.63) is 0 Å². The Balaban J connectivity index is 1.81. The number of nitrogens with zero attached hydrogens (tertiary/aromatic N) is 1. The first-order chi connectivity index (χ1) is 7.29. The van der Waals surface area contributed by atoms with Crippen LogP contribution in [0.25, 0.3) is 0 Å². The summed E-state index contributed by atoms with van der Waals surface area (Å²) in [5, 5.41) is 3.53. The molecule has 88 valence electrons. The molecule has 0 aromatic heterocycles. The molecular formula is C13H26N2. The van der Waals surface area contributed by atoms with Gasteiger partial charge in [0.25, 0.3) is 0 Å². The fraction of sp³-hybridized carbons (Fsp3) is 1.00. The Bertz CT molecular complexity index is 187. The van der Waals surface area contributed by atoms with Crippen LogP contribution in [-0.4, -0.2) is 37.1 Å². The molecule has 0 bridgehead atoms. The van der Waals surface area contributed by atoms with Gasteiger partial charge in [0.15, 0.2) is 0 Å². The maximum absolute atomic E-state index is 3.53. The standard InChI is InChI=1S/C13H26N2/c1-3-13-7-11(2)9-15(13)10-12-5-4-6-14-8-12/h11-14H,3-10H2,1-2H3. The molecule has 2 aliphatic heterocycles. The van der Waals surface area contributed by atoms with E-state index in [9.17, 15) is 0 Å². The SMILES string of the molecule is CCC1CC(C)CN1CC1CCCNC1. The largest absolute Gasteiger partial charge is 0.316 e. The van der Waals surface area contributed by atoms with Gasteiger partial charge in [-0.2, -0.15) is 0 Å². The van der Waals surface area contributed by atoms with Crippen LogP contribution in [0.5, 0.6) is 0 Å². The minimum Gasteiger partial charge on any atom is -0.316 e. The lowest BCUT2D eigenvalue weighted by Gasteiger charge is -2.30. The Labute approximate surface area is 94.4 Å².